The summed E-state index contributed by atoms with van der Waals surface area (Å²) in [5.41, 5.74) is 8.01. The van der Waals surface area contributed by atoms with Crippen LogP contribution in [0.4, 0.5) is 5.69 Å². The Hall–Kier alpha value is -0.540. The number of likely N-dealkylation sites (tertiary alicyclic amines) is 1. The van der Waals surface area contributed by atoms with Crippen LogP contribution in [0.1, 0.15) is 37.7 Å². The van der Waals surface area contributed by atoms with Gasteiger partial charge in [-0.15, -0.1) is 0 Å². The van der Waals surface area contributed by atoms with Gasteiger partial charge in [-0.05, 0) is 55.8 Å². The van der Waals surface area contributed by atoms with E-state index in [2.05, 4.69) is 26.9 Å². The van der Waals surface area contributed by atoms with Gasteiger partial charge in [-0.25, -0.2) is 0 Å². The molecule has 2 nitrogen and oxygen atoms in total. The molecule has 0 aromatic heterocycles. The molecule has 2 unspecified atom stereocenters. The number of rotatable bonds is 2. The number of benzene rings is 1. The highest BCUT2D eigenvalue weighted by Crippen LogP contribution is 2.37. The van der Waals surface area contributed by atoms with Crippen LogP contribution in [0, 0.1) is 5.92 Å². The number of piperidine rings is 1. The van der Waals surface area contributed by atoms with Gasteiger partial charge < -0.3 is 5.73 Å². The van der Waals surface area contributed by atoms with Crippen molar-refractivity contribution in [2.45, 2.75) is 44.7 Å². The van der Waals surface area contributed by atoms with Crippen LogP contribution in [0.3, 0.4) is 0 Å². The molecule has 3 rings (SSSR count). The third-order valence-electron chi connectivity index (χ3n) is 4.56. The molecule has 1 saturated heterocycles. The fourth-order valence-electron chi connectivity index (χ4n) is 3.66. The van der Waals surface area contributed by atoms with Gasteiger partial charge in [-0.3, -0.25) is 4.90 Å². The molecule has 1 aromatic rings. The quantitative estimate of drug-likeness (QED) is 0.842. The van der Waals surface area contributed by atoms with Gasteiger partial charge in [-0.2, -0.15) is 0 Å². The third-order valence-corrected chi connectivity index (χ3v) is 5.30. The van der Waals surface area contributed by atoms with E-state index >= 15 is 0 Å². The van der Waals surface area contributed by atoms with Gasteiger partial charge in [0.15, 0.2) is 0 Å². The fraction of sp³-hybridized carbons (Fsp3) is 0.600. The van der Waals surface area contributed by atoms with E-state index in [1.165, 1.54) is 44.2 Å². The summed E-state index contributed by atoms with van der Waals surface area (Å²) < 4.78 is 1.16. The molecule has 2 N–H and O–H groups in total. The van der Waals surface area contributed by atoms with Crippen LogP contribution in [0.25, 0.3) is 0 Å². The first kappa shape index (κ1) is 12.5. The molecule has 1 aliphatic carbocycles. The van der Waals surface area contributed by atoms with Gasteiger partial charge >= 0.3 is 0 Å². The van der Waals surface area contributed by atoms with Gasteiger partial charge in [0.1, 0.15) is 0 Å². The smallest absolute Gasteiger partial charge is 0.0325 e. The molecule has 2 aliphatic rings. The molecule has 0 bridgehead atoms. The maximum atomic E-state index is 5.80. The van der Waals surface area contributed by atoms with Gasteiger partial charge in [0.2, 0.25) is 0 Å². The van der Waals surface area contributed by atoms with Crippen molar-refractivity contribution in [2.24, 2.45) is 5.92 Å². The topological polar surface area (TPSA) is 29.3 Å². The van der Waals surface area contributed by atoms with E-state index in [0.29, 0.717) is 0 Å². The van der Waals surface area contributed by atoms with Gasteiger partial charge in [0.05, 0.1) is 0 Å². The summed E-state index contributed by atoms with van der Waals surface area (Å²) in [5.74, 6) is 0.964. The average molecular weight is 309 g/mol. The summed E-state index contributed by atoms with van der Waals surface area (Å²) in [4.78, 5) is 2.69. The highest BCUT2D eigenvalue weighted by molar-refractivity contribution is 9.10. The average Bonchev–Trinajstić information content (AvgIpc) is 2.82. The van der Waals surface area contributed by atoms with E-state index in [9.17, 15) is 0 Å². The second kappa shape index (κ2) is 5.22. The van der Waals surface area contributed by atoms with E-state index < -0.39 is 0 Å². The second-order valence-electron chi connectivity index (χ2n) is 5.72. The molecule has 0 radical (unpaired) electrons. The lowest BCUT2D eigenvalue weighted by Gasteiger charge is -2.38. The molecular formula is C15H21BrN2. The zero-order chi connectivity index (χ0) is 12.5. The Morgan fingerprint density at radius 3 is 2.89 bits per heavy atom. The summed E-state index contributed by atoms with van der Waals surface area (Å²) in [6.07, 6.45) is 7.09. The van der Waals surface area contributed by atoms with E-state index in [4.69, 9.17) is 5.73 Å². The lowest BCUT2D eigenvalue weighted by atomic mass is 9.91. The zero-order valence-electron chi connectivity index (χ0n) is 10.7. The van der Waals surface area contributed by atoms with Crippen molar-refractivity contribution in [1.29, 1.82) is 0 Å². The minimum atomic E-state index is 0.836. The fourth-order valence-corrected chi connectivity index (χ4v) is 4.19. The normalized spacial score (nSPS) is 28.3. The van der Waals surface area contributed by atoms with Crippen LogP contribution in [0.15, 0.2) is 22.7 Å². The standard InChI is InChI=1S/C15H21BrN2/c16-14-9-13(17)7-6-12(14)10-18-8-2-4-11-3-1-5-15(11)18/h6-7,9,11,15H,1-5,8,10,17H2. The molecule has 18 heavy (non-hydrogen) atoms. The molecule has 0 amide bonds. The number of halogens is 1. The molecule has 2 fully saturated rings. The van der Waals surface area contributed by atoms with Crippen LogP contribution in [-0.2, 0) is 6.54 Å². The molecule has 1 heterocycles. The van der Waals surface area contributed by atoms with Gasteiger partial charge in [0.25, 0.3) is 0 Å². The number of fused-ring (bicyclic) bond motifs is 1. The van der Waals surface area contributed by atoms with Crippen molar-refractivity contribution in [3.8, 4) is 0 Å². The molecule has 1 aromatic carbocycles. The monoisotopic (exact) mass is 308 g/mol. The SMILES string of the molecule is Nc1ccc(CN2CCCC3CCCC32)c(Br)c1. The minimum absolute atomic E-state index is 0.836. The van der Waals surface area contributed by atoms with E-state index in [1.54, 1.807) is 0 Å². The predicted octanol–water partition coefficient (Wildman–Crippen LogP) is 3.80. The number of nitrogens with two attached hydrogens (primary N) is 1. The number of anilines is 1. The first-order valence-electron chi connectivity index (χ1n) is 7.02. The minimum Gasteiger partial charge on any atom is -0.399 e. The predicted molar refractivity (Wildman–Crippen MR) is 79.3 cm³/mol. The highest BCUT2D eigenvalue weighted by Gasteiger charge is 2.34. The number of nitrogen functional groups attached to an aromatic ring is 1. The van der Waals surface area contributed by atoms with E-state index in [0.717, 1.165) is 28.7 Å². The maximum absolute atomic E-state index is 5.80. The number of hydrogen-bond acceptors (Lipinski definition) is 2. The Morgan fingerprint density at radius 2 is 2.06 bits per heavy atom. The van der Waals surface area contributed by atoms with Crippen LogP contribution < -0.4 is 5.73 Å². The van der Waals surface area contributed by atoms with Crippen molar-refractivity contribution in [1.82, 2.24) is 4.90 Å². The summed E-state index contributed by atoms with van der Waals surface area (Å²) in [7, 11) is 0. The van der Waals surface area contributed by atoms with Crippen molar-refractivity contribution in [3.05, 3.63) is 28.2 Å². The third kappa shape index (κ3) is 2.43. The summed E-state index contributed by atoms with van der Waals surface area (Å²) in [6.45, 7) is 2.33. The maximum Gasteiger partial charge on any atom is 0.0325 e. The molecule has 2 atom stereocenters. The Labute approximate surface area is 118 Å². The van der Waals surface area contributed by atoms with Crippen molar-refractivity contribution in [2.75, 3.05) is 12.3 Å². The summed E-state index contributed by atoms with van der Waals surface area (Å²) in [5, 5.41) is 0. The Bertz CT molecular complexity index is 433. The largest absolute Gasteiger partial charge is 0.399 e. The van der Waals surface area contributed by atoms with Crippen LogP contribution >= 0.6 is 15.9 Å². The molecular weight excluding hydrogens is 288 g/mol. The van der Waals surface area contributed by atoms with Gasteiger partial charge in [0, 0.05) is 22.7 Å². The van der Waals surface area contributed by atoms with Crippen molar-refractivity contribution >= 4 is 21.6 Å². The molecule has 1 aliphatic heterocycles. The Morgan fingerprint density at radius 1 is 1.22 bits per heavy atom. The van der Waals surface area contributed by atoms with E-state index in [1.807, 2.05) is 12.1 Å². The second-order valence-corrected chi connectivity index (χ2v) is 6.58. The lowest BCUT2D eigenvalue weighted by molar-refractivity contribution is 0.105. The summed E-state index contributed by atoms with van der Waals surface area (Å²) in [6, 6.07) is 7.03. The molecule has 98 valence electrons. The van der Waals surface area contributed by atoms with Gasteiger partial charge in [-0.1, -0.05) is 28.4 Å². The van der Waals surface area contributed by atoms with Crippen LogP contribution in [-0.4, -0.2) is 17.5 Å². The van der Waals surface area contributed by atoms with E-state index in [-0.39, 0.29) is 0 Å². The first-order valence-corrected chi connectivity index (χ1v) is 7.81. The molecule has 3 heteroatoms. The molecule has 1 saturated carbocycles. The number of hydrogen-bond donors (Lipinski definition) is 1. The first-order chi connectivity index (χ1) is 8.74. The van der Waals surface area contributed by atoms with Crippen molar-refractivity contribution in [3.63, 3.8) is 0 Å². The summed E-state index contributed by atoms with van der Waals surface area (Å²) >= 11 is 3.64. The Kier molecular flexibility index (Phi) is 3.62. The Balaban J connectivity index is 1.75. The zero-order valence-corrected chi connectivity index (χ0v) is 12.3. The number of nitrogens with zero attached hydrogens (tertiary/aromatic N) is 1. The molecule has 0 spiro atoms. The highest BCUT2D eigenvalue weighted by atomic mass is 79.9. The van der Waals surface area contributed by atoms with Crippen LogP contribution in [0.5, 0.6) is 0 Å². The van der Waals surface area contributed by atoms with Crippen molar-refractivity contribution < 1.29 is 0 Å². The van der Waals surface area contributed by atoms with Crippen LogP contribution in [0.2, 0.25) is 0 Å². The lowest BCUT2D eigenvalue weighted by Crippen LogP contribution is -2.41.